The van der Waals surface area contributed by atoms with Crippen LogP contribution in [0.3, 0.4) is 0 Å². The fraction of sp³-hybridized carbons (Fsp3) is 0.250. The second-order valence-electron chi connectivity index (χ2n) is 3.36. The fourth-order valence-corrected chi connectivity index (χ4v) is 1.75. The Labute approximate surface area is 93.4 Å². The van der Waals surface area contributed by atoms with Gasteiger partial charge in [0.15, 0.2) is 0 Å². The number of ether oxygens (including phenoxy) is 3. The second kappa shape index (κ2) is 3.89. The molecule has 0 aliphatic carbocycles. The average molecular weight is 220 g/mol. The maximum Gasteiger partial charge on any atom is 0.343 e. The molecule has 0 saturated heterocycles. The van der Waals surface area contributed by atoms with Crippen molar-refractivity contribution in [2.45, 2.75) is 6.10 Å². The number of hydrogen-bond acceptors (Lipinski definition) is 4. The van der Waals surface area contributed by atoms with Crippen LogP contribution in [0.2, 0.25) is 0 Å². The molecule has 1 heterocycles. The van der Waals surface area contributed by atoms with Crippen molar-refractivity contribution >= 4 is 5.97 Å². The summed E-state index contributed by atoms with van der Waals surface area (Å²) in [5, 5.41) is 0. The van der Waals surface area contributed by atoms with Crippen molar-refractivity contribution in [1.82, 2.24) is 0 Å². The van der Waals surface area contributed by atoms with Crippen molar-refractivity contribution in [1.29, 1.82) is 0 Å². The van der Waals surface area contributed by atoms with Gasteiger partial charge in [0.2, 0.25) is 0 Å². The quantitative estimate of drug-likeness (QED) is 0.578. The van der Waals surface area contributed by atoms with Gasteiger partial charge in [0, 0.05) is 11.6 Å². The largest absolute Gasteiger partial charge is 0.497 e. The van der Waals surface area contributed by atoms with E-state index in [1.165, 1.54) is 7.11 Å². The van der Waals surface area contributed by atoms with E-state index in [-0.39, 0.29) is 5.97 Å². The number of methoxy groups -OCH3 is 2. The third-order valence-corrected chi connectivity index (χ3v) is 2.52. The third kappa shape index (κ3) is 1.43. The van der Waals surface area contributed by atoms with E-state index in [0.29, 0.717) is 17.1 Å². The van der Waals surface area contributed by atoms with Gasteiger partial charge in [-0.2, -0.15) is 0 Å². The van der Waals surface area contributed by atoms with E-state index in [1.807, 2.05) is 0 Å². The summed E-state index contributed by atoms with van der Waals surface area (Å²) in [4.78, 5) is 11.6. The molecular weight excluding hydrogens is 208 g/mol. The van der Waals surface area contributed by atoms with Crippen LogP contribution in [0.4, 0.5) is 0 Å². The maximum atomic E-state index is 11.6. The van der Waals surface area contributed by atoms with Gasteiger partial charge >= 0.3 is 5.97 Å². The third-order valence-electron chi connectivity index (χ3n) is 2.52. The number of benzene rings is 1. The number of fused-ring (bicyclic) bond motifs is 1. The standard InChI is InChI=1S/C12H12O4/c1-4-9-8-5-7(14-2)6-10(15-3)11(8)12(13)16-9/h4-6,9H,1H2,2-3H3/t9-/m0/s1. The molecule has 1 aromatic rings. The monoisotopic (exact) mass is 220 g/mol. The Morgan fingerprint density at radius 1 is 1.38 bits per heavy atom. The SMILES string of the molecule is C=C[C@@H]1OC(=O)c2c(OC)cc(OC)cc21. The van der Waals surface area contributed by atoms with Crippen molar-refractivity contribution in [2.75, 3.05) is 14.2 Å². The minimum absolute atomic E-state index is 0.389. The molecule has 1 atom stereocenters. The molecule has 0 bridgehead atoms. The molecule has 0 amide bonds. The van der Waals surface area contributed by atoms with Gasteiger partial charge in [0.05, 0.1) is 14.2 Å². The zero-order chi connectivity index (χ0) is 11.7. The molecule has 1 aromatic carbocycles. The van der Waals surface area contributed by atoms with Crippen LogP contribution in [-0.4, -0.2) is 20.2 Å². The lowest BCUT2D eigenvalue weighted by molar-refractivity contribution is 0.0466. The molecule has 1 aliphatic heterocycles. The van der Waals surface area contributed by atoms with E-state index in [2.05, 4.69) is 6.58 Å². The summed E-state index contributed by atoms with van der Waals surface area (Å²) in [5.74, 6) is 0.698. The predicted octanol–water partition coefficient (Wildman–Crippen LogP) is 2.10. The van der Waals surface area contributed by atoms with Gasteiger partial charge in [0.25, 0.3) is 0 Å². The molecule has 4 heteroatoms. The molecule has 0 radical (unpaired) electrons. The molecule has 2 rings (SSSR count). The van der Waals surface area contributed by atoms with Crippen LogP contribution in [0, 0.1) is 0 Å². The number of hydrogen-bond donors (Lipinski definition) is 0. The molecule has 4 nitrogen and oxygen atoms in total. The summed E-state index contributed by atoms with van der Waals surface area (Å²) in [7, 11) is 3.06. The number of cyclic esters (lactones) is 1. The Kier molecular flexibility index (Phi) is 2.56. The van der Waals surface area contributed by atoms with Gasteiger partial charge < -0.3 is 14.2 Å². The van der Waals surface area contributed by atoms with Crippen LogP contribution in [0.1, 0.15) is 22.0 Å². The zero-order valence-corrected chi connectivity index (χ0v) is 9.15. The zero-order valence-electron chi connectivity index (χ0n) is 9.15. The van der Waals surface area contributed by atoms with Gasteiger partial charge in [-0.15, -0.1) is 0 Å². The van der Waals surface area contributed by atoms with Gasteiger partial charge in [-0.3, -0.25) is 0 Å². The first-order valence-corrected chi connectivity index (χ1v) is 4.80. The number of rotatable bonds is 3. The van der Waals surface area contributed by atoms with Crippen molar-refractivity contribution in [3.05, 3.63) is 35.9 Å². The van der Waals surface area contributed by atoms with Crippen molar-refractivity contribution in [2.24, 2.45) is 0 Å². The smallest absolute Gasteiger partial charge is 0.343 e. The fourth-order valence-electron chi connectivity index (χ4n) is 1.75. The van der Waals surface area contributed by atoms with Crippen LogP contribution in [0.25, 0.3) is 0 Å². The van der Waals surface area contributed by atoms with Gasteiger partial charge in [-0.05, 0) is 12.1 Å². The van der Waals surface area contributed by atoms with Crippen LogP contribution in [-0.2, 0) is 4.74 Å². The van der Waals surface area contributed by atoms with Gasteiger partial charge in [-0.1, -0.05) is 6.58 Å². The maximum absolute atomic E-state index is 11.6. The summed E-state index contributed by atoms with van der Waals surface area (Å²) in [6.45, 7) is 3.63. The highest BCUT2D eigenvalue weighted by Gasteiger charge is 2.33. The molecule has 0 N–H and O–H groups in total. The van der Waals surface area contributed by atoms with Crippen LogP contribution < -0.4 is 9.47 Å². The Balaban J connectivity index is 2.63. The molecule has 0 aromatic heterocycles. The summed E-state index contributed by atoms with van der Waals surface area (Å²) < 4.78 is 15.4. The highest BCUT2D eigenvalue weighted by Crippen LogP contribution is 2.39. The lowest BCUT2D eigenvalue weighted by atomic mass is 10.0. The minimum atomic E-state index is -0.425. The van der Waals surface area contributed by atoms with Crippen molar-refractivity contribution < 1.29 is 19.0 Å². The predicted molar refractivity (Wildman–Crippen MR) is 57.9 cm³/mol. The number of carbonyl (C=O) groups is 1. The average Bonchev–Trinajstić information content (AvgIpc) is 2.65. The Hall–Kier alpha value is -1.97. The van der Waals surface area contributed by atoms with E-state index < -0.39 is 6.10 Å². The first-order valence-electron chi connectivity index (χ1n) is 4.80. The van der Waals surface area contributed by atoms with E-state index in [1.54, 1.807) is 25.3 Å². The molecular formula is C12H12O4. The summed E-state index contributed by atoms with van der Waals surface area (Å²) in [6, 6.07) is 3.42. The normalized spacial score (nSPS) is 17.6. The van der Waals surface area contributed by atoms with E-state index in [4.69, 9.17) is 14.2 Å². The van der Waals surface area contributed by atoms with Crippen LogP contribution >= 0.6 is 0 Å². The molecule has 0 spiro atoms. The summed E-state index contributed by atoms with van der Waals surface area (Å²) in [6.07, 6.45) is 1.15. The molecule has 16 heavy (non-hydrogen) atoms. The van der Waals surface area contributed by atoms with Crippen LogP contribution in [0.5, 0.6) is 11.5 Å². The number of carbonyl (C=O) groups excluding carboxylic acids is 1. The topological polar surface area (TPSA) is 44.8 Å². The summed E-state index contributed by atoms with van der Waals surface area (Å²) >= 11 is 0. The Morgan fingerprint density at radius 3 is 2.69 bits per heavy atom. The van der Waals surface area contributed by atoms with Gasteiger partial charge in [0.1, 0.15) is 23.2 Å². The Morgan fingerprint density at radius 2 is 2.12 bits per heavy atom. The van der Waals surface area contributed by atoms with Crippen molar-refractivity contribution in [3.63, 3.8) is 0 Å². The Bertz CT molecular complexity index is 451. The van der Waals surface area contributed by atoms with Crippen LogP contribution in [0.15, 0.2) is 24.8 Å². The minimum Gasteiger partial charge on any atom is -0.497 e. The lowest BCUT2D eigenvalue weighted by Gasteiger charge is -2.08. The molecule has 0 unspecified atom stereocenters. The first-order chi connectivity index (χ1) is 7.71. The molecule has 0 saturated carbocycles. The van der Waals surface area contributed by atoms with E-state index in [9.17, 15) is 4.79 Å². The molecule has 0 fully saturated rings. The van der Waals surface area contributed by atoms with Gasteiger partial charge in [-0.25, -0.2) is 4.79 Å². The van der Waals surface area contributed by atoms with E-state index >= 15 is 0 Å². The highest BCUT2D eigenvalue weighted by atomic mass is 16.6. The second-order valence-corrected chi connectivity index (χ2v) is 3.36. The first kappa shape index (κ1) is 10.5. The molecule has 84 valence electrons. The number of esters is 1. The summed E-state index contributed by atoms with van der Waals surface area (Å²) in [5.41, 5.74) is 1.18. The van der Waals surface area contributed by atoms with E-state index in [0.717, 1.165) is 5.56 Å². The highest BCUT2D eigenvalue weighted by molar-refractivity contribution is 5.97. The lowest BCUT2D eigenvalue weighted by Crippen LogP contribution is -1.99. The van der Waals surface area contributed by atoms with Crippen molar-refractivity contribution in [3.8, 4) is 11.5 Å². The molecule has 1 aliphatic rings.